The summed E-state index contributed by atoms with van der Waals surface area (Å²) in [6.07, 6.45) is 2.51. The number of thiazole rings is 1. The van der Waals surface area contributed by atoms with Crippen LogP contribution in [-0.4, -0.2) is 31.2 Å². The monoisotopic (exact) mass is 223 g/mol. The minimum Gasteiger partial charge on any atom is -0.317 e. The lowest BCUT2D eigenvalue weighted by Gasteiger charge is -2.25. The second-order valence-corrected chi connectivity index (χ2v) is 5.38. The molecule has 0 aromatic carbocycles. The lowest BCUT2D eigenvalue weighted by atomic mass is 9.95. The molecule has 2 N–H and O–H groups in total. The first-order valence-electron chi connectivity index (χ1n) is 5.80. The molecular formula is C11H17N3S. The molecule has 0 amide bonds. The first kappa shape index (κ1) is 9.75. The fraction of sp³-hybridized carbons (Fsp3) is 0.727. The van der Waals surface area contributed by atoms with Crippen LogP contribution in [0, 0.1) is 0 Å². The van der Waals surface area contributed by atoms with Crippen molar-refractivity contribution in [2.75, 3.05) is 26.2 Å². The maximum atomic E-state index is 4.81. The largest absolute Gasteiger partial charge is 0.317 e. The zero-order valence-electron chi connectivity index (χ0n) is 8.83. The Labute approximate surface area is 94.3 Å². The molecule has 15 heavy (non-hydrogen) atoms. The van der Waals surface area contributed by atoms with E-state index < -0.39 is 0 Å². The van der Waals surface area contributed by atoms with Crippen molar-refractivity contribution in [2.45, 2.75) is 24.7 Å². The molecule has 3 heterocycles. The third-order valence-corrected chi connectivity index (χ3v) is 4.45. The maximum absolute atomic E-state index is 4.81. The van der Waals surface area contributed by atoms with Crippen LogP contribution in [-0.2, 0) is 0 Å². The van der Waals surface area contributed by atoms with Crippen LogP contribution in [0.3, 0.4) is 0 Å². The smallest absolute Gasteiger partial charge is 0.0984 e. The zero-order valence-corrected chi connectivity index (χ0v) is 9.65. The third-order valence-electron chi connectivity index (χ3n) is 3.43. The van der Waals surface area contributed by atoms with Gasteiger partial charge in [-0.3, -0.25) is 0 Å². The standard InChI is InChI=1S/C11H17N3S/c1-3-12-4-2-8(1)10-7-15-11(14-10)9-5-13-6-9/h7-9,12-13H,1-6H2. The van der Waals surface area contributed by atoms with Crippen LogP contribution >= 0.6 is 11.3 Å². The summed E-state index contributed by atoms with van der Waals surface area (Å²) in [6.45, 7) is 4.56. The van der Waals surface area contributed by atoms with Crippen LogP contribution in [0.25, 0.3) is 0 Å². The van der Waals surface area contributed by atoms with E-state index in [0.717, 1.165) is 26.2 Å². The van der Waals surface area contributed by atoms with Gasteiger partial charge in [-0.2, -0.15) is 0 Å². The van der Waals surface area contributed by atoms with E-state index in [1.807, 2.05) is 11.3 Å². The minimum absolute atomic E-state index is 0.700. The summed E-state index contributed by atoms with van der Waals surface area (Å²) in [6, 6.07) is 0. The summed E-state index contributed by atoms with van der Waals surface area (Å²) in [5, 5.41) is 10.3. The number of hydrogen-bond acceptors (Lipinski definition) is 4. The summed E-state index contributed by atoms with van der Waals surface area (Å²) in [7, 11) is 0. The Bertz CT molecular complexity index is 326. The molecule has 2 fully saturated rings. The number of rotatable bonds is 2. The molecule has 3 nitrogen and oxygen atoms in total. The Kier molecular flexibility index (Phi) is 2.73. The Morgan fingerprint density at radius 1 is 1.13 bits per heavy atom. The molecule has 0 aliphatic carbocycles. The lowest BCUT2D eigenvalue weighted by Crippen LogP contribution is -2.39. The number of hydrogen-bond donors (Lipinski definition) is 2. The first-order chi connectivity index (χ1) is 7.43. The van der Waals surface area contributed by atoms with Gasteiger partial charge in [0, 0.05) is 30.3 Å². The van der Waals surface area contributed by atoms with Crippen LogP contribution in [0.4, 0.5) is 0 Å². The van der Waals surface area contributed by atoms with Gasteiger partial charge in [0.2, 0.25) is 0 Å². The molecular weight excluding hydrogens is 206 g/mol. The van der Waals surface area contributed by atoms with Crippen molar-refractivity contribution in [3.8, 4) is 0 Å². The number of piperidine rings is 1. The van der Waals surface area contributed by atoms with Gasteiger partial charge in [-0.1, -0.05) is 0 Å². The highest BCUT2D eigenvalue weighted by Crippen LogP contribution is 2.30. The van der Waals surface area contributed by atoms with E-state index in [1.54, 1.807) is 0 Å². The minimum atomic E-state index is 0.700. The average Bonchev–Trinajstić information content (AvgIpc) is 2.66. The van der Waals surface area contributed by atoms with Gasteiger partial charge in [0.15, 0.2) is 0 Å². The average molecular weight is 223 g/mol. The molecule has 3 rings (SSSR count). The van der Waals surface area contributed by atoms with E-state index in [9.17, 15) is 0 Å². The molecule has 0 spiro atoms. The SMILES string of the molecule is c1sc(C2CNC2)nc1C1CCNCC1. The Morgan fingerprint density at radius 3 is 2.60 bits per heavy atom. The van der Waals surface area contributed by atoms with Gasteiger partial charge < -0.3 is 10.6 Å². The highest BCUT2D eigenvalue weighted by molar-refractivity contribution is 7.09. The molecule has 0 unspecified atom stereocenters. The van der Waals surface area contributed by atoms with E-state index in [4.69, 9.17) is 4.98 Å². The molecule has 4 heteroatoms. The lowest BCUT2D eigenvalue weighted by molar-refractivity contribution is 0.436. The van der Waals surface area contributed by atoms with Crippen molar-refractivity contribution in [2.24, 2.45) is 0 Å². The van der Waals surface area contributed by atoms with Crippen molar-refractivity contribution < 1.29 is 0 Å². The Balaban J connectivity index is 1.71. The predicted molar refractivity (Wildman–Crippen MR) is 62.6 cm³/mol. The van der Waals surface area contributed by atoms with Crippen LogP contribution in [0.1, 0.15) is 35.4 Å². The third kappa shape index (κ3) is 1.94. The summed E-state index contributed by atoms with van der Waals surface area (Å²) in [5.74, 6) is 1.41. The summed E-state index contributed by atoms with van der Waals surface area (Å²) < 4.78 is 0. The van der Waals surface area contributed by atoms with Gasteiger partial charge in [-0.25, -0.2) is 4.98 Å². The van der Waals surface area contributed by atoms with Crippen LogP contribution in [0.2, 0.25) is 0 Å². The number of nitrogens with one attached hydrogen (secondary N) is 2. The molecule has 2 saturated heterocycles. The molecule has 0 saturated carbocycles. The number of nitrogens with zero attached hydrogens (tertiary/aromatic N) is 1. The van der Waals surface area contributed by atoms with Crippen molar-refractivity contribution >= 4 is 11.3 Å². The quantitative estimate of drug-likeness (QED) is 0.793. The van der Waals surface area contributed by atoms with E-state index >= 15 is 0 Å². The van der Waals surface area contributed by atoms with Gasteiger partial charge in [0.1, 0.15) is 0 Å². The molecule has 2 aliphatic heterocycles. The predicted octanol–water partition coefficient (Wildman–Crippen LogP) is 1.30. The van der Waals surface area contributed by atoms with Gasteiger partial charge in [0.25, 0.3) is 0 Å². The Hall–Kier alpha value is -0.450. The van der Waals surface area contributed by atoms with Gasteiger partial charge in [-0.05, 0) is 25.9 Å². The van der Waals surface area contributed by atoms with Gasteiger partial charge >= 0.3 is 0 Å². The topological polar surface area (TPSA) is 37.0 Å². The molecule has 0 atom stereocenters. The van der Waals surface area contributed by atoms with E-state index in [-0.39, 0.29) is 0 Å². The molecule has 0 radical (unpaired) electrons. The van der Waals surface area contributed by atoms with Crippen LogP contribution in [0.5, 0.6) is 0 Å². The summed E-state index contributed by atoms with van der Waals surface area (Å²) in [5.41, 5.74) is 1.35. The van der Waals surface area contributed by atoms with E-state index in [1.165, 1.54) is 23.5 Å². The van der Waals surface area contributed by atoms with E-state index in [2.05, 4.69) is 16.0 Å². The fourth-order valence-corrected chi connectivity index (χ4v) is 3.26. The van der Waals surface area contributed by atoms with Crippen LogP contribution in [0.15, 0.2) is 5.38 Å². The highest BCUT2D eigenvalue weighted by Gasteiger charge is 2.24. The number of aromatic nitrogens is 1. The highest BCUT2D eigenvalue weighted by atomic mass is 32.1. The first-order valence-corrected chi connectivity index (χ1v) is 6.68. The normalized spacial score (nSPS) is 24.0. The second-order valence-electron chi connectivity index (χ2n) is 4.49. The Morgan fingerprint density at radius 2 is 1.93 bits per heavy atom. The molecule has 1 aromatic rings. The van der Waals surface area contributed by atoms with Crippen molar-refractivity contribution in [3.63, 3.8) is 0 Å². The van der Waals surface area contributed by atoms with Gasteiger partial charge in [0.05, 0.1) is 10.7 Å². The van der Waals surface area contributed by atoms with E-state index in [0.29, 0.717) is 11.8 Å². The molecule has 1 aromatic heterocycles. The van der Waals surface area contributed by atoms with Crippen LogP contribution < -0.4 is 10.6 Å². The molecule has 82 valence electrons. The molecule has 0 bridgehead atoms. The molecule has 2 aliphatic rings. The van der Waals surface area contributed by atoms with Gasteiger partial charge in [-0.15, -0.1) is 11.3 Å². The summed E-state index contributed by atoms with van der Waals surface area (Å²) >= 11 is 1.86. The van der Waals surface area contributed by atoms with Crippen molar-refractivity contribution in [1.29, 1.82) is 0 Å². The van der Waals surface area contributed by atoms with Crippen molar-refractivity contribution in [1.82, 2.24) is 15.6 Å². The zero-order chi connectivity index (χ0) is 10.1. The second kappa shape index (κ2) is 4.20. The summed E-state index contributed by atoms with van der Waals surface area (Å²) in [4.78, 5) is 4.81. The fourth-order valence-electron chi connectivity index (χ4n) is 2.26. The maximum Gasteiger partial charge on any atom is 0.0984 e. The van der Waals surface area contributed by atoms with Crippen molar-refractivity contribution in [3.05, 3.63) is 16.1 Å².